The number of hydrogen-bond acceptors (Lipinski definition) is 3. The van der Waals surface area contributed by atoms with Gasteiger partial charge >= 0.3 is 0 Å². The number of piperidine rings is 1. The van der Waals surface area contributed by atoms with Gasteiger partial charge in [-0.3, -0.25) is 4.79 Å². The highest BCUT2D eigenvalue weighted by Crippen LogP contribution is 2.21. The summed E-state index contributed by atoms with van der Waals surface area (Å²) in [7, 11) is 4.10. The first-order valence-electron chi connectivity index (χ1n) is 7.78. The summed E-state index contributed by atoms with van der Waals surface area (Å²) in [6.07, 6.45) is 3.38. The summed E-state index contributed by atoms with van der Waals surface area (Å²) in [6, 6.07) is 8.70. The van der Waals surface area contributed by atoms with Crippen molar-refractivity contribution >= 4 is 36.4 Å². The second-order valence-corrected chi connectivity index (χ2v) is 6.21. The fourth-order valence-corrected chi connectivity index (χ4v) is 3.00. The number of likely N-dealkylation sites (tertiary alicyclic amines) is 1. The Morgan fingerprint density at radius 2 is 2.00 bits per heavy atom. The number of carbonyl (C=O) groups is 1. The van der Waals surface area contributed by atoms with Crippen molar-refractivity contribution in [3.63, 3.8) is 0 Å². The largest absolute Gasteiger partial charge is 0.399 e. The molecule has 2 rings (SSSR count). The molecule has 1 fully saturated rings. The Kier molecular flexibility index (Phi) is 9.59. The predicted octanol–water partition coefficient (Wildman–Crippen LogP) is 2.99. The summed E-state index contributed by atoms with van der Waals surface area (Å²) in [6.45, 7) is 3.30. The number of amides is 1. The molecule has 1 saturated heterocycles. The van der Waals surface area contributed by atoms with E-state index in [-0.39, 0.29) is 30.7 Å². The van der Waals surface area contributed by atoms with E-state index in [4.69, 9.17) is 5.73 Å². The van der Waals surface area contributed by atoms with Gasteiger partial charge < -0.3 is 15.5 Å². The zero-order valence-corrected chi connectivity index (χ0v) is 15.8. The summed E-state index contributed by atoms with van der Waals surface area (Å²) in [5.41, 5.74) is 7.77. The van der Waals surface area contributed by atoms with E-state index in [1.165, 1.54) is 0 Å². The van der Waals surface area contributed by atoms with Gasteiger partial charge in [0.1, 0.15) is 0 Å². The molecule has 1 aromatic carbocycles. The summed E-state index contributed by atoms with van der Waals surface area (Å²) in [4.78, 5) is 16.7. The first-order chi connectivity index (χ1) is 9.99. The summed E-state index contributed by atoms with van der Waals surface area (Å²) in [5, 5.41) is 0. The van der Waals surface area contributed by atoms with Crippen LogP contribution in [0.1, 0.15) is 31.7 Å². The summed E-state index contributed by atoms with van der Waals surface area (Å²) < 4.78 is 0. The fraction of sp³-hybridized carbons (Fsp3) is 0.588. The van der Waals surface area contributed by atoms with E-state index in [0.717, 1.165) is 37.1 Å². The van der Waals surface area contributed by atoms with Crippen LogP contribution in [0.25, 0.3) is 0 Å². The molecule has 0 aliphatic carbocycles. The van der Waals surface area contributed by atoms with Crippen molar-refractivity contribution in [2.45, 2.75) is 44.7 Å². The normalized spacial score (nSPS) is 21.0. The molecule has 132 valence electrons. The lowest BCUT2D eigenvalue weighted by atomic mass is 9.97. The molecule has 0 radical (unpaired) electrons. The van der Waals surface area contributed by atoms with Crippen molar-refractivity contribution in [3.8, 4) is 0 Å². The molecule has 0 bridgehead atoms. The number of benzene rings is 1. The number of rotatable bonds is 4. The van der Waals surface area contributed by atoms with Gasteiger partial charge in [0.2, 0.25) is 5.91 Å². The van der Waals surface area contributed by atoms with Crippen molar-refractivity contribution in [2.24, 2.45) is 0 Å². The molecule has 1 heterocycles. The SMILES string of the molecule is CC1CC(N(C)C(=O)CCc2ccccc2N)CCN1C.Cl.Cl. The van der Waals surface area contributed by atoms with Crippen LogP contribution in [0.3, 0.4) is 0 Å². The maximum atomic E-state index is 12.4. The van der Waals surface area contributed by atoms with Gasteiger partial charge in [-0.2, -0.15) is 0 Å². The third kappa shape index (κ3) is 5.87. The van der Waals surface area contributed by atoms with Gasteiger partial charge in [0.05, 0.1) is 0 Å². The number of nitrogen functional groups attached to an aromatic ring is 1. The standard InChI is InChI=1S/C17H27N3O.2ClH/c1-13-12-15(10-11-19(13)2)20(3)17(21)9-8-14-6-4-5-7-16(14)18;;/h4-7,13,15H,8-12,18H2,1-3H3;2*1H. The second-order valence-electron chi connectivity index (χ2n) is 6.21. The molecule has 2 N–H and O–H groups in total. The van der Waals surface area contributed by atoms with Gasteiger partial charge in [0.25, 0.3) is 0 Å². The topological polar surface area (TPSA) is 49.6 Å². The summed E-state index contributed by atoms with van der Waals surface area (Å²) >= 11 is 0. The number of nitrogens with zero attached hydrogens (tertiary/aromatic N) is 2. The third-order valence-electron chi connectivity index (χ3n) is 4.79. The molecule has 23 heavy (non-hydrogen) atoms. The maximum absolute atomic E-state index is 12.4. The lowest BCUT2D eigenvalue weighted by Crippen LogP contribution is -2.48. The number of hydrogen-bond donors (Lipinski definition) is 1. The molecular weight excluding hydrogens is 333 g/mol. The van der Waals surface area contributed by atoms with Crippen LogP contribution in [0, 0.1) is 0 Å². The van der Waals surface area contributed by atoms with Gasteiger partial charge in [-0.15, -0.1) is 24.8 Å². The van der Waals surface area contributed by atoms with Gasteiger partial charge in [-0.05, 0) is 44.9 Å². The minimum atomic E-state index is 0. The van der Waals surface area contributed by atoms with Gasteiger partial charge in [-0.25, -0.2) is 0 Å². The number of para-hydroxylation sites is 1. The Morgan fingerprint density at radius 1 is 1.35 bits per heavy atom. The van der Waals surface area contributed by atoms with Crippen molar-refractivity contribution in [3.05, 3.63) is 29.8 Å². The minimum Gasteiger partial charge on any atom is -0.399 e. The molecule has 0 aromatic heterocycles. The van der Waals surface area contributed by atoms with Crippen molar-refractivity contribution in [1.82, 2.24) is 9.80 Å². The van der Waals surface area contributed by atoms with E-state index < -0.39 is 0 Å². The van der Waals surface area contributed by atoms with E-state index in [1.807, 2.05) is 36.2 Å². The smallest absolute Gasteiger partial charge is 0.222 e. The molecule has 2 unspecified atom stereocenters. The van der Waals surface area contributed by atoms with Crippen LogP contribution in [-0.4, -0.2) is 48.4 Å². The zero-order valence-electron chi connectivity index (χ0n) is 14.2. The molecule has 1 aromatic rings. The van der Waals surface area contributed by atoms with Crippen LogP contribution >= 0.6 is 24.8 Å². The average Bonchev–Trinajstić information content (AvgIpc) is 2.48. The van der Waals surface area contributed by atoms with Crippen molar-refractivity contribution in [1.29, 1.82) is 0 Å². The lowest BCUT2D eigenvalue weighted by molar-refractivity contribution is -0.133. The molecule has 0 saturated carbocycles. The molecule has 2 atom stereocenters. The average molecular weight is 362 g/mol. The molecule has 1 amide bonds. The number of halogens is 2. The summed E-state index contributed by atoms with van der Waals surface area (Å²) in [5.74, 6) is 0.222. The van der Waals surface area contributed by atoms with Crippen LogP contribution in [-0.2, 0) is 11.2 Å². The van der Waals surface area contributed by atoms with E-state index in [0.29, 0.717) is 18.5 Å². The number of anilines is 1. The van der Waals surface area contributed by atoms with Crippen molar-refractivity contribution < 1.29 is 4.79 Å². The number of aryl methyl sites for hydroxylation is 1. The Morgan fingerprint density at radius 3 is 2.61 bits per heavy atom. The molecule has 1 aliphatic heterocycles. The van der Waals surface area contributed by atoms with Crippen LogP contribution in [0.4, 0.5) is 5.69 Å². The fourth-order valence-electron chi connectivity index (χ4n) is 3.00. The monoisotopic (exact) mass is 361 g/mol. The lowest BCUT2D eigenvalue weighted by Gasteiger charge is -2.39. The molecular formula is C17H29Cl2N3O. The molecule has 0 spiro atoms. The molecule has 6 heteroatoms. The highest BCUT2D eigenvalue weighted by molar-refractivity contribution is 5.85. The van der Waals surface area contributed by atoms with E-state index in [9.17, 15) is 4.79 Å². The number of nitrogens with two attached hydrogens (primary N) is 1. The second kappa shape index (κ2) is 10.0. The van der Waals surface area contributed by atoms with Crippen molar-refractivity contribution in [2.75, 3.05) is 26.4 Å². The predicted molar refractivity (Wildman–Crippen MR) is 102 cm³/mol. The quantitative estimate of drug-likeness (QED) is 0.838. The minimum absolute atomic E-state index is 0. The zero-order chi connectivity index (χ0) is 15.4. The Bertz CT molecular complexity index is 498. The highest BCUT2D eigenvalue weighted by atomic mass is 35.5. The van der Waals surface area contributed by atoms with Crippen LogP contribution in [0.15, 0.2) is 24.3 Å². The van der Waals surface area contributed by atoms with E-state index >= 15 is 0 Å². The highest BCUT2D eigenvalue weighted by Gasteiger charge is 2.27. The Balaban J connectivity index is 0.00000242. The first-order valence-corrected chi connectivity index (χ1v) is 7.78. The van der Waals surface area contributed by atoms with Gasteiger partial charge in [-0.1, -0.05) is 18.2 Å². The molecule has 1 aliphatic rings. The van der Waals surface area contributed by atoms with Crippen LogP contribution < -0.4 is 5.73 Å². The first kappa shape index (κ1) is 22.0. The van der Waals surface area contributed by atoms with E-state index in [1.54, 1.807) is 0 Å². The maximum Gasteiger partial charge on any atom is 0.222 e. The van der Waals surface area contributed by atoms with Gasteiger partial charge in [0.15, 0.2) is 0 Å². The Labute approximate surface area is 152 Å². The Hall–Kier alpha value is -0.970. The van der Waals surface area contributed by atoms with Crippen LogP contribution in [0.2, 0.25) is 0 Å². The number of carbonyl (C=O) groups excluding carboxylic acids is 1. The molecule has 4 nitrogen and oxygen atoms in total. The third-order valence-corrected chi connectivity index (χ3v) is 4.79. The van der Waals surface area contributed by atoms with Gasteiger partial charge in [0, 0.05) is 37.8 Å². The van der Waals surface area contributed by atoms with Crippen LogP contribution in [0.5, 0.6) is 0 Å². The van der Waals surface area contributed by atoms with E-state index in [2.05, 4.69) is 18.9 Å².